The third-order valence-electron chi connectivity index (χ3n) is 10.7. The van der Waals surface area contributed by atoms with Gasteiger partial charge in [-0.25, -0.2) is 0 Å². The lowest BCUT2D eigenvalue weighted by Crippen LogP contribution is -2.54. The zero-order valence-corrected chi connectivity index (χ0v) is 18.9. The van der Waals surface area contributed by atoms with Gasteiger partial charge in [0, 0.05) is 13.7 Å². The van der Waals surface area contributed by atoms with Crippen molar-refractivity contribution in [3.05, 3.63) is 0 Å². The van der Waals surface area contributed by atoms with Crippen molar-refractivity contribution in [2.45, 2.75) is 91.2 Å². The highest BCUT2D eigenvalue weighted by Crippen LogP contribution is 2.69. The van der Waals surface area contributed by atoms with Gasteiger partial charge in [-0.15, -0.1) is 0 Å². The van der Waals surface area contributed by atoms with Crippen molar-refractivity contribution >= 4 is 0 Å². The summed E-state index contributed by atoms with van der Waals surface area (Å²) in [4.78, 5) is 0. The van der Waals surface area contributed by atoms with Crippen LogP contribution in [0.25, 0.3) is 0 Å². The lowest BCUT2D eigenvalue weighted by molar-refractivity contribution is -0.208. The Bertz CT molecular complexity index is 589. The fourth-order valence-corrected chi connectivity index (χ4v) is 9.04. The predicted molar refractivity (Wildman–Crippen MR) is 110 cm³/mol. The normalized spacial score (nSPS) is 48.5. The number of methoxy groups -OCH3 is 1. The molecule has 0 spiro atoms. The summed E-state index contributed by atoms with van der Waals surface area (Å²) in [6.45, 7) is 8.20. The fraction of sp³-hybridized carbons (Fsp3) is 1.00. The molecule has 0 heterocycles. The van der Waals surface area contributed by atoms with Crippen molar-refractivity contribution in [3.63, 3.8) is 0 Å². The Morgan fingerprint density at radius 2 is 1.62 bits per heavy atom. The summed E-state index contributed by atoms with van der Waals surface area (Å²) in [5, 5.41) is 0. The van der Waals surface area contributed by atoms with Crippen LogP contribution in [0.3, 0.4) is 0 Å². The van der Waals surface area contributed by atoms with Crippen LogP contribution in [0.15, 0.2) is 0 Å². The number of fused-ring (bicyclic) bond motifs is 5. The van der Waals surface area contributed by atoms with E-state index in [4.69, 9.17) is 4.74 Å². The van der Waals surface area contributed by atoms with Gasteiger partial charge < -0.3 is 4.74 Å². The molecule has 0 N–H and O–H groups in total. The average Bonchev–Trinajstić information content (AvgIpc) is 3.02. The zero-order chi connectivity index (χ0) is 21.0. The molecule has 7 unspecified atom stereocenters. The second-order valence-electron chi connectivity index (χ2n) is 11.7. The largest absolute Gasteiger partial charge is 0.391 e. The molecule has 0 aromatic heterocycles. The van der Waals surface area contributed by atoms with Gasteiger partial charge >= 0.3 is 6.18 Å². The standard InChI is InChI=1S/C25H41F3O/c1-16(11-14-29-4)20-7-8-21-19-6-5-17-15-18(25(26,27)28)9-12-23(17,2)22(19)10-13-24(20,21)3/h16-22H,5-15H2,1-4H3/t16-,17?,18?,19-,20?,21?,22?,23?,24?/m0/s1. The van der Waals surface area contributed by atoms with E-state index < -0.39 is 12.1 Å². The van der Waals surface area contributed by atoms with E-state index in [1.807, 2.05) is 0 Å². The molecule has 0 aromatic rings. The van der Waals surface area contributed by atoms with Crippen molar-refractivity contribution in [1.29, 1.82) is 0 Å². The first kappa shape index (κ1) is 22.0. The van der Waals surface area contributed by atoms with E-state index >= 15 is 0 Å². The second kappa shape index (κ2) is 7.71. The Labute approximate surface area is 175 Å². The van der Waals surface area contributed by atoms with Gasteiger partial charge in [0.2, 0.25) is 0 Å². The first-order chi connectivity index (χ1) is 13.6. The number of ether oxygens (including phenoxy) is 1. The maximum absolute atomic E-state index is 13.4. The van der Waals surface area contributed by atoms with E-state index in [0.29, 0.717) is 30.1 Å². The highest BCUT2D eigenvalue weighted by atomic mass is 19.4. The molecule has 0 aliphatic heterocycles. The lowest BCUT2D eigenvalue weighted by atomic mass is 9.44. The molecule has 9 atom stereocenters. The first-order valence-electron chi connectivity index (χ1n) is 12.2. The third kappa shape index (κ3) is 3.57. The first-order valence-corrected chi connectivity index (χ1v) is 12.2. The molecule has 4 aliphatic rings. The number of alkyl halides is 3. The van der Waals surface area contributed by atoms with Crippen LogP contribution in [0.1, 0.15) is 85.0 Å². The topological polar surface area (TPSA) is 9.23 Å². The van der Waals surface area contributed by atoms with E-state index in [-0.39, 0.29) is 11.3 Å². The van der Waals surface area contributed by atoms with E-state index in [0.717, 1.165) is 43.6 Å². The van der Waals surface area contributed by atoms with Gasteiger partial charge in [0.15, 0.2) is 0 Å². The molecule has 0 saturated heterocycles. The maximum Gasteiger partial charge on any atom is 0.391 e. The fourth-order valence-electron chi connectivity index (χ4n) is 9.04. The van der Waals surface area contributed by atoms with E-state index in [1.165, 1.54) is 32.1 Å². The smallest absolute Gasteiger partial charge is 0.385 e. The summed E-state index contributed by atoms with van der Waals surface area (Å²) in [7, 11) is 1.80. The molecule has 4 saturated carbocycles. The summed E-state index contributed by atoms with van der Waals surface area (Å²) < 4.78 is 45.5. The van der Waals surface area contributed by atoms with Crippen molar-refractivity contribution in [2.75, 3.05) is 13.7 Å². The molecule has 168 valence electrons. The van der Waals surface area contributed by atoms with Crippen LogP contribution in [-0.2, 0) is 4.74 Å². The highest BCUT2D eigenvalue weighted by Gasteiger charge is 2.61. The minimum Gasteiger partial charge on any atom is -0.385 e. The van der Waals surface area contributed by atoms with Gasteiger partial charge in [0.05, 0.1) is 5.92 Å². The summed E-state index contributed by atoms with van der Waals surface area (Å²) >= 11 is 0. The Morgan fingerprint density at radius 3 is 2.31 bits per heavy atom. The Kier molecular flexibility index (Phi) is 5.84. The van der Waals surface area contributed by atoms with Crippen LogP contribution in [0.5, 0.6) is 0 Å². The molecule has 4 heteroatoms. The number of hydrogen-bond donors (Lipinski definition) is 0. The molecule has 4 rings (SSSR count). The van der Waals surface area contributed by atoms with E-state index in [1.54, 1.807) is 7.11 Å². The molecule has 0 aromatic carbocycles. The van der Waals surface area contributed by atoms with Crippen molar-refractivity contribution in [2.24, 2.45) is 52.3 Å². The van der Waals surface area contributed by atoms with Gasteiger partial charge in [-0.2, -0.15) is 13.2 Å². The van der Waals surface area contributed by atoms with Gasteiger partial charge in [-0.3, -0.25) is 0 Å². The van der Waals surface area contributed by atoms with Gasteiger partial charge in [-0.1, -0.05) is 20.8 Å². The zero-order valence-electron chi connectivity index (χ0n) is 18.9. The van der Waals surface area contributed by atoms with E-state index in [9.17, 15) is 13.2 Å². The average molecular weight is 415 g/mol. The minimum absolute atomic E-state index is 0.145. The Hall–Kier alpha value is -0.250. The van der Waals surface area contributed by atoms with E-state index in [2.05, 4.69) is 20.8 Å². The third-order valence-corrected chi connectivity index (χ3v) is 10.7. The summed E-state index contributed by atoms with van der Waals surface area (Å²) in [6.07, 6.45) is 6.10. The molecule has 4 aliphatic carbocycles. The number of rotatable bonds is 4. The molecular formula is C25H41F3O. The SMILES string of the molecule is COCC[C@H](C)C1CCC2[C@@H]3CCC4CC(C(F)(F)F)CCC4(C)C3CCC21C. The molecule has 0 radical (unpaired) electrons. The summed E-state index contributed by atoms with van der Waals surface area (Å²) in [5.74, 6) is 2.91. The quantitative estimate of drug-likeness (QED) is 0.463. The van der Waals surface area contributed by atoms with Crippen LogP contribution in [0.2, 0.25) is 0 Å². The van der Waals surface area contributed by atoms with Crippen molar-refractivity contribution < 1.29 is 17.9 Å². The number of halogens is 3. The minimum atomic E-state index is -4.00. The molecule has 29 heavy (non-hydrogen) atoms. The van der Waals surface area contributed by atoms with Crippen LogP contribution >= 0.6 is 0 Å². The Morgan fingerprint density at radius 1 is 0.931 bits per heavy atom. The molecule has 4 fully saturated rings. The van der Waals surface area contributed by atoms with Crippen LogP contribution in [-0.4, -0.2) is 19.9 Å². The van der Waals surface area contributed by atoms with Gasteiger partial charge in [0.25, 0.3) is 0 Å². The van der Waals surface area contributed by atoms with Crippen molar-refractivity contribution in [3.8, 4) is 0 Å². The lowest BCUT2D eigenvalue weighted by Gasteiger charge is -2.61. The van der Waals surface area contributed by atoms with Crippen LogP contribution < -0.4 is 0 Å². The monoisotopic (exact) mass is 414 g/mol. The van der Waals surface area contributed by atoms with Crippen LogP contribution in [0.4, 0.5) is 13.2 Å². The molecule has 0 amide bonds. The van der Waals surface area contributed by atoms with Gasteiger partial charge in [-0.05, 0) is 111 Å². The molecular weight excluding hydrogens is 373 g/mol. The molecule has 0 bridgehead atoms. The summed E-state index contributed by atoms with van der Waals surface area (Å²) in [5.41, 5.74) is 0.576. The van der Waals surface area contributed by atoms with Gasteiger partial charge in [0.1, 0.15) is 0 Å². The summed E-state index contributed by atoms with van der Waals surface area (Å²) in [6, 6.07) is 0. The van der Waals surface area contributed by atoms with Crippen LogP contribution in [0, 0.1) is 52.3 Å². The maximum atomic E-state index is 13.4. The Balaban J connectivity index is 1.50. The second-order valence-corrected chi connectivity index (χ2v) is 11.7. The molecule has 1 nitrogen and oxygen atoms in total. The highest BCUT2D eigenvalue weighted by molar-refractivity contribution is 5.09. The number of hydrogen-bond acceptors (Lipinski definition) is 1. The predicted octanol–water partition coefficient (Wildman–Crippen LogP) is 7.50. The van der Waals surface area contributed by atoms with Crippen molar-refractivity contribution in [1.82, 2.24) is 0 Å².